The van der Waals surface area contributed by atoms with E-state index in [0.717, 1.165) is 44.9 Å². The highest BCUT2D eigenvalue weighted by Crippen LogP contribution is 2.52. The summed E-state index contributed by atoms with van der Waals surface area (Å²) >= 11 is 0. The molecule has 0 amide bonds. The Morgan fingerprint density at radius 3 is 2.50 bits per heavy atom. The number of aliphatic hydroxyl groups excluding tert-OH is 1. The average Bonchev–Trinajstić information content (AvgIpc) is 3.03. The van der Waals surface area contributed by atoms with Crippen molar-refractivity contribution in [2.45, 2.75) is 105 Å². The lowest BCUT2D eigenvalue weighted by Crippen LogP contribution is -2.34. The van der Waals surface area contributed by atoms with E-state index >= 15 is 0 Å². The highest BCUT2D eigenvalue weighted by Gasteiger charge is 2.41. The normalized spacial score (nSPS) is 32.2. The van der Waals surface area contributed by atoms with E-state index in [9.17, 15) is 18.3 Å². The van der Waals surface area contributed by atoms with Crippen LogP contribution < -0.4 is 0 Å². The minimum atomic E-state index is -4.13. The third kappa shape index (κ3) is 6.24. The first-order valence-corrected chi connectivity index (χ1v) is 11.7. The third-order valence-corrected chi connectivity index (χ3v) is 7.86. The van der Waals surface area contributed by atoms with Crippen LogP contribution in [-0.4, -0.2) is 17.4 Å². The molecular formula is C26H41F3O. The highest BCUT2D eigenvalue weighted by molar-refractivity contribution is 5.26. The molecule has 4 heteroatoms. The Labute approximate surface area is 181 Å². The lowest BCUT2D eigenvalue weighted by atomic mass is 9.61. The van der Waals surface area contributed by atoms with Crippen LogP contribution in [0.25, 0.3) is 0 Å². The molecule has 0 aromatic rings. The second-order valence-electron chi connectivity index (χ2n) is 10.2. The van der Waals surface area contributed by atoms with Gasteiger partial charge in [-0.3, -0.25) is 0 Å². The molecule has 0 aromatic carbocycles. The van der Waals surface area contributed by atoms with E-state index in [-0.39, 0.29) is 22.9 Å². The molecule has 2 rings (SSSR count). The Kier molecular flexibility index (Phi) is 8.46. The fraction of sp³-hybridized carbons (Fsp3) is 0.769. The molecule has 0 aromatic heterocycles. The molecule has 0 fully saturated rings. The highest BCUT2D eigenvalue weighted by atomic mass is 19.4. The predicted octanol–water partition coefficient (Wildman–Crippen LogP) is 8.16. The number of alkyl halides is 3. The Hall–Kier alpha value is -1.03. The molecule has 1 nitrogen and oxygen atoms in total. The SMILES string of the molecule is CCC1(C)C(CC(C)O)=CCCC1CCC1(C)CCC=C1C(C)C=CCC(F)(F)F. The molecule has 0 bridgehead atoms. The van der Waals surface area contributed by atoms with Crippen molar-refractivity contribution in [2.75, 3.05) is 0 Å². The summed E-state index contributed by atoms with van der Waals surface area (Å²) in [5.41, 5.74) is 2.93. The summed E-state index contributed by atoms with van der Waals surface area (Å²) in [5.74, 6) is 0.644. The second kappa shape index (κ2) is 10.1. The maximum absolute atomic E-state index is 12.5. The average molecular weight is 427 g/mol. The number of rotatable bonds is 9. The van der Waals surface area contributed by atoms with Crippen molar-refractivity contribution in [3.05, 3.63) is 35.5 Å². The van der Waals surface area contributed by atoms with E-state index in [4.69, 9.17) is 0 Å². The largest absolute Gasteiger partial charge is 0.393 e. The lowest BCUT2D eigenvalue weighted by Gasteiger charge is -2.44. The first-order valence-electron chi connectivity index (χ1n) is 11.7. The summed E-state index contributed by atoms with van der Waals surface area (Å²) in [4.78, 5) is 0. The summed E-state index contributed by atoms with van der Waals surface area (Å²) in [6.45, 7) is 10.8. The number of aliphatic hydroxyl groups is 1. The van der Waals surface area contributed by atoms with Crippen molar-refractivity contribution in [2.24, 2.45) is 22.7 Å². The van der Waals surface area contributed by atoms with Crippen LogP contribution >= 0.6 is 0 Å². The van der Waals surface area contributed by atoms with Gasteiger partial charge in [0.15, 0.2) is 0 Å². The van der Waals surface area contributed by atoms with Crippen molar-refractivity contribution in [3.8, 4) is 0 Å². The summed E-state index contributed by atoms with van der Waals surface area (Å²) in [6.07, 6.45) is 10.8. The zero-order chi connectivity index (χ0) is 22.6. The Morgan fingerprint density at radius 2 is 1.90 bits per heavy atom. The van der Waals surface area contributed by atoms with Gasteiger partial charge in [-0.05, 0) is 81.0 Å². The fourth-order valence-electron chi connectivity index (χ4n) is 5.83. The van der Waals surface area contributed by atoms with Gasteiger partial charge in [0, 0.05) is 0 Å². The number of hydrogen-bond acceptors (Lipinski definition) is 1. The minimum absolute atomic E-state index is 0.0504. The number of halogens is 3. The molecule has 0 saturated carbocycles. The van der Waals surface area contributed by atoms with Gasteiger partial charge >= 0.3 is 6.18 Å². The van der Waals surface area contributed by atoms with Crippen LogP contribution in [0.15, 0.2) is 35.5 Å². The predicted molar refractivity (Wildman–Crippen MR) is 119 cm³/mol. The van der Waals surface area contributed by atoms with Crippen molar-refractivity contribution >= 4 is 0 Å². The van der Waals surface area contributed by atoms with Gasteiger partial charge < -0.3 is 5.11 Å². The van der Waals surface area contributed by atoms with Gasteiger partial charge in [-0.1, -0.05) is 63.1 Å². The summed E-state index contributed by atoms with van der Waals surface area (Å²) in [6, 6.07) is 0. The maximum Gasteiger partial charge on any atom is 0.392 e. The van der Waals surface area contributed by atoms with E-state index in [1.807, 2.05) is 13.8 Å². The number of allylic oxidation sites excluding steroid dienone is 5. The molecule has 1 N–H and O–H groups in total. The van der Waals surface area contributed by atoms with Gasteiger partial charge in [0.2, 0.25) is 0 Å². The van der Waals surface area contributed by atoms with E-state index in [1.54, 1.807) is 6.08 Å². The van der Waals surface area contributed by atoms with Crippen LogP contribution in [0, 0.1) is 22.7 Å². The van der Waals surface area contributed by atoms with Crippen LogP contribution in [0.4, 0.5) is 13.2 Å². The van der Waals surface area contributed by atoms with Crippen molar-refractivity contribution < 1.29 is 18.3 Å². The standard InChI is InChI=1S/C26H41F3O/c1-6-25(5)21(11-7-12-22(25)18-20(3)30)14-17-24(4)15-9-13-23(24)19(2)10-8-16-26(27,28)29/h8,10,12-13,19-21,30H,6-7,9,11,14-18H2,1-5H3. The van der Waals surface area contributed by atoms with Crippen molar-refractivity contribution in [3.63, 3.8) is 0 Å². The molecular weight excluding hydrogens is 385 g/mol. The van der Waals surface area contributed by atoms with Crippen LogP contribution in [-0.2, 0) is 0 Å². The van der Waals surface area contributed by atoms with Gasteiger partial charge in [0.25, 0.3) is 0 Å². The Balaban J connectivity index is 2.06. The quantitative estimate of drug-likeness (QED) is 0.369. The third-order valence-electron chi connectivity index (χ3n) is 7.86. The van der Waals surface area contributed by atoms with Crippen molar-refractivity contribution in [1.29, 1.82) is 0 Å². The van der Waals surface area contributed by atoms with Gasteiger partial charge in [0.1, 0.15) is 0 Å². The Bertz CT molecular complexity index is 658. The van der Waals surface area contributed by atoms with E-state index in [2.05, 4.69) is 32.9 Å². The molecule has 0 radical (unpaired) electrons. The summed E-state index contributed by atoms with van der Waals surface area (Å²) < 4.78 is 37.5. The monoisotopic (exact) mass is 426 g/mol. The van der Waals surface area contributed by atoms with Crippen LogP contribution in [0.1, 0.15) is 92.4 Å². The zero-order valence-corrected chi connectivity index (χ0v) is 19.5. The molecule has 30 heavy (non-hydrogen) atoms. The van der Waals surface area contributed by atoms with Crippen LogP contribution in [0.2, 0.25) is 0 Å². The molecule has 172 valence electrons. The van der Waals surface area contributed by atoms with E-state index < -0.39 is 12.6 Å². The Morgan fingerprint density at radius 1 is 1.20 bits per heavy atom. The lowest BCUT2D eigenvalue weighted by molar-refractivity contribution is -0.125. The smallest absolute Gasteiger partial charge is 0.392 e. The summed E-state index contributed by atoms with van der Waals surface area (Å²) in [7, 11) is 0. The van der Waals surface area contributed by atoms with Gasteiger partial charge in [0.05, 0.1) is 12.5 Å². The molecule has 2 aliphatic carbocycles. The molecule has 5 unspecified atom stereocenters. The number of hydrogen-bond donors (Lipinski definition) is 1. The topological polar surface area (TPSA) is 20.2 Å². The first kappa shape index (κ1) is 25.2. The molecule has 0 spiro atoms. The van der Waals surface area contributed by atoms with E-state index in [0.29, 0.717) is 5.92 Å². The minimum Gasteiger partial charge on any atom is -0.393 e. The van der Waals surface area contributed by atoms with Crippen LogP contribution in [0.3, 0.4) is 0 Å². The van der Waals surface area contributed by atoms with Gasteiger partial charge in [-0.2, -0.15) is 13.2 Å². The van der Waals surface area contributed by atoms with Gasteiger partial charge in [-0.15, -0.1) is 0 Å². The van der Waals surface area contributed by atoms with Crippen LogP contribution in [0.5, 0.6) is 0 Å². The van der Waals surface area contributed by atoms with E-state index in [1.165, 1.54) is 23.6 Å². The molecule has 0 aliphatic heterocycles. The second-order valence-corrected chi connectivity index (χ2v) is 10.2. The first-order chi connectivity index (χ1) is 13.9. The maximum atomic E-state index is 12.5. The molecule has 5 atom stereocenters. The molecule has 0 saturated heterocycles. The molecule has 0 heterocycles. The van der Waals surface area contributed by atoms with Crippen molar-refractivity contribution in [1.82, 2.24) is 0 Å². The fourth-order valence-corrected chi connectivity index (χ4v) is 5.83. The molecule has 2 aliphatic rings. The van der Waals surface area contributed by atoms with Gasteiger partial charge in [-0.25, -0.2) is 0 Å². The zero-order valence-electron chi connectivity index (χ0n) is 19.5. The summed E-state index contributed by atoms with van der Waals surface area (Å²) in [5, 5.41) is 9.95.